The molecule has 0 radical (unpaired) electrons. The zero-order valence-electron chi connectivity index (χ0n) is 13.5. The van der Waals surface area contributed by atoms with Gasteiger partial charge in [-0.25, -0.2) is 17.8 Å². The Morgan fingerprint density at radius 2 is 2.04 bits per heavy atom. The number of para-hydroxylation sites is 1. The zero-order chi connectivity index (χ0) is 17.3. The van der Waals surface area contributed by atoms with Gasteiger partial charge in [0.2, 0.25) is 5.95 Å². The number of aryl methyl sites for hydroxylation is 1. The summed E-state index contributed by atoms with van der Waals surface area (Å²) in [5.74, 6) is 0.821. The highest BCUT2D eigenvalue weighted by molar-refractivity contribution is 7.91. The van der Waals surface area contributed by atoms with E-state index in [1.165, 1.54) is 6.07 Å². The van der Waals surface area contributed by atoms with Gasteiger partial charge in [0.1, 0.15) is 11.6 Å². The number of nitrogens with zero attached hydrogens (tertiary/aromatic N) is 3. The molecule has 1 aliphatic heterocycles. The Kier molecular flexibility index (Phi) is 4.40. The summed E-state index contributed by atoms with van der Waals surface area (Å²) in [6.45, 7) is 1.82. The number of hydrogen-bond acceptors (Lipinski definition) is 6. The SMILES string of the molecule is Cc1cc(Nc2ccccc2F)nc(N(C)C2CCS(=O)(=O)C2)n1. The van der Waals surface area contributed by atoms with Gasteiger partial charge in [-0.15, -0.1) is 0 Å². The van der Waals surface area contributed by atoms with E-state index in [0.29, 0.717) is 29.6 Å². The molecule has 24 heavy (non-hydrogen) atoms. The van der Waals surface area contributed by atoms with Crippen LogP contribution in [0.4, 0.5) is 21.8 Å². The maximum Gasteiger partial charge on any atom is 0.227 e. The Morgan fingerprint density at radius 3 is 2.71 bits per heavy atom. The number of rotatable bonds is 4. The predicted octanol–water partition coefficient (Wildman–Crippen LogP) is 2.29. The van der Waals surface area contributed by atoms with Crippen LogP contribution < -0.4 is 10.2 Å². The predicted molar refractivity (Wildman–Crippen MR) is 91.9 cm³/mol. The van der Waals surface area contributed by atoms with E-state index in [-0.39, 0.29) is 23.4 Å². The highest BCUT2D eigenvalue weighted by Crippen LogP contribution is 2.24. The van der Waals surface area contributed by atoms with Crippen LogP contribution in [-0.4, -0.2) is 43.0 Å². The highest BCUT2D eigenvalue weighted by Gasteiger charge is 2.31. The summed E-state index contributed by atoms with van der Waals surface area (Å²) in [5, 5.41) is 2.94. The van der Waals surface area contributed by atoms with Gasteiger partial charge in [-0.3, -0.25) is 0 Å². The first-order chi connectivity index (χ1) is 11.3. The van der Waals surface area contributed by atoms with Gasteiger partial charge in [0.05, 0.1) is 17.2 Å². The van der Waals surface area contributed by atoms with E-state index in [0.717, 1.165) is 0 Å². The van der Waals surface area contributed by atoms with E-state index in [1.54, 1.807) is 36.2 Å². The molecule has 1 unspecified atom stereocenters. The lowest BCUT2D eigenvalue weighted by Crippen LogP contribution is -2.34. The molecule has 128 valence electrons. The van der Waals surface area contributed by atoms with Gasteiger partial charge in [-0.1, -0.05) is 12.1 Å². The molecule has 0 amide bonds. The maximum absolute atomic E-state index is 13.8. The molecule has 2 heterocycles. The summed E-state index contributed by atoms with van der Waals surface area (Å²) >= 11 is 0. The number of benzene rings is 1. The first kappa shape index (κ1) is 16.6. The van der Waals surface area contributed by atoms with Crippen LogP contribution >= 0.6 is 0 Å². The third-order valence-corrected chi connectivity index (χ3v) is 5.80. The first-order valence-electron chi connectivity index (χ1n) is 7.64. The molecule has 3 rings (SSSR count). The normalized spacial score (nSPS) is 19.2. The lowest BCUT2D eigenvalue weighted by Gasteiger charge is -2.24. The third-order valence-electron chi connectivity index (χ3n) is 4.05. The molecule has 1 fully saturated rings. The molecule has 6 nitrogen and oxygen atoms in total. The monoisotopic (exact) mass is 350 g/mol. The number of sulfone groups is 1. The summed E-state index contributed by atoms with van der Waals surface area (Å²) in [6, 6.07) is 7.92. The van der Waals surface area contributed by atoms with Crippen molar-refractivity contribution in [2.24, 2.45) is 0 Å². The third kappa shape index (κ3) is 3.64. The van der Waals surface area contributed by atoms with Gasteiger partial charge < -0.3 is 10.2 Å². The molecule has 0 saturated carbocycles. The summed E-state index contributed by atoms with van der Waals surface area (Å²) in [4.78, 5) is 10.6. The van der Waals surface area contributed by atoms with Crippen LogP contribution in [0, 0.1) is 12.7 Å². The molecular formula is C16H19FN4O2S. The van der Waals surface area contributed by atoms with Crippen molar-refractivity contribution in [3.05, 3.63) is 41.8 Å². The summed E-state index contributed by atoms with van der Waals surface area (Å²) in [5.41, 5.74) is 1.04. The van der Waals surface area contributed by atoms with Crippen molar-refractivity contribution in [2.75, 3.05) is 28.8 Å². The highest BCUT2D eigenvalue weighted by atomic mass is 32.2. The van der Waals surface area contributed by atoms with Crippen LogP contribution in [0.5, 0.6) is 0 Å². The number of nitrogens with one attached hydrogen (secondary N) is 1. The van der Waals surface area contributed by atoms with Crippen LogP contribution in [0.1, 0.15) is 12.1 Å². The molecular weight excluding hydrogens is 331 g/mol. The van der Waals surface area contributed by atoms with Crippen molar-refractivity contribution in [1.82, 2.24) is 9.97 Å². The van der Waals surface area contributed by atoms with Crippen LogP contribution in [0.3, 0.4) is 0 Å². The molecule has 0 spiro atoms. The molecule has 1 N–H and O–H groups in total. The minimum Gasteiger partial charge on any atom is -0.340 e. The van der Waals surface area contributed by atoms with Gasteiger partial charge in [0, 0.05) is 24.8 Å². The Morgan fingerprint density at radius 1 is 1.29 bits per heavy atom. The first-order valence-corrected chi connectivity index (χ1v) is 9.47. The van der Waals surface area contributed by atoms with Crippen molar-refractivity contribution in [2.45, 2.75) is 19.4 Å². The Balaban J connectivity index is 1.85. The number of aromatic nitrogens is 2. The molecule has 2 aromatic rings. The lowest BCUT2D eigenvalue weighted by atomic mass is 10.2. The summed E-state index contributed by atoms with van der Waals surface area (Å²) < 4.78 is 37.1. The van der Waals surface area contributed by atoms with Crippen molar-refractivity contribution >= 4 is 27.3 Å². The second-order valence-corrected chi connectivity index (χ2v) is 8.20. The van der Waals surface area contributed by atoms with Crippen molar-refractivity contribution < 1.29 is 12.8 Å². The fourth-order valence-corrected chi connectivity index (χ4v) is 4.49. The van der Waals surface area contributed by atoms with Gasteiger partial charge in [-0.05, 0) is 25.5 Å². The fraction of sp³-hybridized carbons (Fsp3) is 0.375. The van der Waals surface area contributed by atoms with Crippen molar-refractivity contribution in [3.63, 3.8) is 0 Å². The lowest BCUT2D eigenvalue weighted by molar-refractivity contribution is 0.600. The summed E-state index contributed by atoms with van der Waals surface area (Å²) in [7, 11) is -1.20. The minimum absolute atomic E-state index is 0.108. The smallest absolute Gasteiger partial charge is 0.227 e. The van der Waals surface area contributed by atoms with Gasteiger partial charge in [-0.2, -0.15) is 4.98 Å². The number of hydrogen-bond donors (Lipinski definition) is 1. The Bertz CT molecular complexity index is 857. The quantitative estimate of drug-likeness (QED) is 0.912. The molecule has 1 aromatic heterocycles. The minimum atomic E-state index is -2.99. The van der Waals surface area contributed by atoms with Crippen LogP contribution in [0.25, 0.3) is 0 Å². The molecule has 1 saturated heterocycles. The average molecular weight is 350 g/mol. The van der Waals surface area contributed by atoms with Gasteiger partial charge >= 0.3 is 0 Å². The van der Waals surface area contributed by atoms with Gasteiger partial charge in [0.25, 0.3) is 0 Å². The van der Waals surface area contributed by atoms with E-state index in [2.05, 4.69) is 15.3 Å². The number of halogens is 1. The molecule has 1 aromatic carbocycles. The van der Waals surface area contributed by atoms with Crippen molar-refractivity contribution in [3.8, 4) is 0 Å². The van der Waals surface area contributed by atoms with Crippen LogP contribution in [-0.2, 0) is 9.84 Å². The molecule has 8 heteroatoms. The average Bonchev–Trinajstić information content (AvgIpc) is 2.88. The Labute approximate surface area is 140 Å². The fourth-order valence-electron chi connectivity index (χ4n) is 2.72. The van der Waals surface area contributed by atoms with Crippen molar-refractivity contribution in [1.29, 1.82) is 0 Å². The maximum atomic E-state index is 13.8. The number of anilines is 3. The molecule has 1 aliphatic rings. The summed E-state index contributed by atoms with van der Waals surface area (Å²) in [6.07, 6.45) is 0.562. The molecule has 1 atom stereocenters. The molecule has 0 bridgehead atoms. The van der Waals surface area contributed by atoms with Crippen LogP contribution in [0.2, 0.25) is 0 Å². The largest absolute Gasteiger partial charge is 0.340 e. The van der Waals surface area contributed by atoms with Crippen LogP contribution in [0.15, 0.2) is 30.3 Å². The topological polar surface area (TPSA) is 75.2 Å². The van der Waals surface area contributed by atoms with E-state index in [9.17, 15) is 12.8 Å². The molecule has 0 aliphatic carbocycles. The standard InChI is InChI=1S/C16H19FN4O2S/c1-11-9-15(19-14-6-4-3-5-13(14)17)20-16(18-11)21(2)12-7-8-24(22,23)10-12/h3-6,9,12H,7-8,10H2,1-2H3,(H,18,19,20). The van der Waals surface area contributed by atoms with E-state index < -0.39 is 9.84 Å². The van der Waals surface area contributed by atoms with E-state index in [4.69, 9.17) is 0 Å². The second kappa shape index (κ2) is 6.35. The zero-order valence-corrected chi connectivity index (χ0v) is 14.3. The van der Waals surface area contributed by atoms with E-state index in [1.807, 2.05) is 6.92 Å². The van der Waals surface area contributed by atoms with E-state index >= 15 is 0 Å². The Hall–Kier alpha value is -2.22. The van der Waals surface area contributed by atoms with Gasteiger partial charge in [0.15, 0.2) is 9.84 Å². The second-order valence-electron chi connectivity index (χ2n) is 5.97.